The minimum atomic E-state index is -0.0388. The van der Waals surface area contributed by atoms with Crippen molar-refractivity contribution in [2.45, 2.75) is 40.2 Å². The molecule has 3 heterocycles. The van der Waals surface area contributed by atoms with E-state index in [0.29, 0.717) is 18.4 Å². The van der Waals surface area contributed by atoms with Gasteiger partial charge in [-0.1, -0.05) is 19.9 Å². The highest BCUT2D eigenvalue weighted by molar-refractivity contribution is 5.88. The topological polar surface area (TPSA) is 63.1 Å². The average Bonchev–Trinajstić information content (AvgIpc) is 2.80. The fourth-order valence-corrected chi connectivity index (χ4v) is 3.51. The van der Waals surface area contributed by atoms with E-state index >= 15 is 0 Å². The van der Waals surface area contributed by atoms with Crippen molar-refractivity contribution >= 4 is 11.8 Å². The number of rotatable bonds is 3. The van der Waals surface area contributed by atoms with Crippen molar-refractivity contribution in [3.63, 3.8) is 0 Å². The molecule has 0 saturated carbocycles. The number of carbonyl (C=O) groups is 1. The van der Waals surface area contributed by atoms with Gasteiger partial charge in [-0.05, 0) is 43.7 Å². The quantitative estimate of drug-likeness (QED) is 0.929. The Morgan fingerprint density at radius 1 is 1.32 bits per heavy atom. The Labute approximate surface area is 149 Å². The van der Waals surface area contributed by atoms with Gasteiger partial charge in [0, 0.05) is 25.4 Å². The first kappa shape index (κ1) is 17.5. The monoisotopic (exact) mass is 341 g/mol. The van der Waals surface area contributed by atoms with Crippen LogP contribution >= 0.6 is 0 Å². The Morgan fingerprint density at radius 2 is 2.16 bits per heavy atom. The van der Waals surface area contributed by atoms with Gasteiger partial charge in [0.2, 0.25) is 0 Å². The van der Waals surface area contributed by atoms with Crippen LogP contribution in [0.15, 0.2) is 30.5 Å². The normalized spacial score (nSPS) is 21.0. The summed E-state index contributed by atoms with van der Waals surface area (Å²) < 4.78 is 1.81. The SMILES string of the molecule is Cc1cc(NC(=O)N2CC[C@@H](C)C[C@@H](C)C2)n(Cc2ccccn2)n1. The van der Waals surface area contributed by atoms with Gasteiger partial charge < -0.3 is 4.90 Å². The maximum atomic E-state index is 12.7. The van der Waals surface area contributed by atoms with Crippen LogP contribution < -0.4 is 5.32 Å². The molecule has 2 aromatic heterocycles. The van der Waals surface area contributed by atoms with Gasteiger partial charge in [-0.2, -0.15) is 5.10 Å². The molecule has 1 N–H and O–H groups in total. The lowest BCUT2D eigenvalue weighted by Gasteiger charge is -2.23. The zero-order chi connectivity index (χ0) is 17.8. The maximum Gasteiger partial charge on any atom is 0.323 e. The molecule has 1 aliphatic rings. The van der Waals surface area contributed by atoms with Crippen molar-refractivity contribution in [1.29, 1.82) is 0 Å². The van der Waals surface area contributed by atoms with Crippen LogP contribution in [0.4, 0.5) is 10.6 Å². The number of pyridine rings is 1. The van der Waals surface area contributed by atoms with Crippen molar-refractivity contribution in [3.05, 3.63) is 41.9 Å². The van der Waals surface area contributed by atoms with E-state index in [0.717, 1.165) is 36.7 Å². The molecule has 0 aliphatic carbocycles. The largest absolute Gasteiger partial charge is 0.324 e. The van der Waals surface area contributed by atoms with E-state index < -0.39 is 0 Å². The Kier molecular flexibility index (Phi) is 5.36. The maximum absolute atomic E-state index is 12.7. The van der Waals surface area contributed by atoms with E-state index in [2.05, 4.69) is 29.2 Å². The molecule has 6 nitrogen and oxygen atoms in total. The van der Waals surface area contributed by atoms with Crippen LogP contribution in [0.1, 0.15) is 38.1 Å². The number of likely N-dealkylation sites (tertiary alicyclic amines) is 1. The number of carbonyl (C=O) groups excluding carboxylic acids is 1. The molecule has 0 radical (unpaired) electrons. The molecule has 0 spiro atoms. The molecule has 2 aromatic rings. The third kappa shape index (κ3) is 4.59. The van der Waals surface area contributed by atoms with Crippen molar-refractivity contribution in [2.75, 3.05) is 18.4 Å². The Hall–Kier alpha value is -2.37. The van der Waals surface area contributed by atoms with Crippen molar-refractivity contribution in [2.24, 2.45) is 11.8 Å². The number of nitrogens with one attached hydrogen (secondary N) is 1. The fourth-order valence-electron chi connectivity index (χ4n) is 3.51. The zero-order valence-electron chi connectivity index (χ0n) is 15.3. The van der Waals surface area contributed by atoms with Crippen LogP contribution in [0.5, 0.6) is 0 Å². The summed E-state index contributed by atoms with van der Waals surface area (Å²) >= 11 is 0. The lowest BCUT2D eigenvalue weighted by molar-refractivity contribution is 0.207. The highest BCUT2D eigenvalue weighted by Crippen LogP contribution is 2.22. The van der Waals surface area contributed by atoms with Gasteiger partial charge in [0.25, 0.3) is 0 Å². The number of amides is 2. The lowest BCUT2D eigenvalue weighted by atomic mass is 9.97. The number of aryl methyl sites for hydroxylation is 1. The van der Waals surface area contributed by atoms with E-state index in [1.807, 2.05) is 36.1 Å². The molecule has 6 heteroatoms. The molecule has 134 valence electrons. The molecule has 1 aliphatic heterocycles. The molecule has 0 aromatic carbocycles. The Bertz CT molecular complexity index is 712. The first-order valence-electron chi connectivity index (χ1n) is 9.01. The number of nitrogens with zero attached hydrogens (tertiary/aromatic N) is 4. The molecule has 2 atom stereocenters. The van der Waals surface area contributed by atoms with Crippen LogP contribution in [-0.2, 0) is 6.54 Å². The molecular weight excluding hydrogens is 314 g/mol. The van der Waals surface area contributed by atoms with Crippen LogP contribution in [0.25, 0.3) is 0 Å². The van der Waals surface area contributed by atoms with Crippen LogP contribution in [0, 0.1) is 18.8 Å². The third-order valence-corrected chi connectivity index (χ3v) is 4.69. The van der Waals surface area contributed by atoms with Crippen LogP contribution in [-0.4, -0.2) is 38.8 Å². The summed E-state index contributed by atoms with van der Waals surface area (Å²) in [5.74, 6) is 1.92. The number of anilines is 1. The van der Waals surface area contributed by atoms with Crippen LogP contribution in [0.3, 0.4) is 0 Å². The smallest absolute Gasteiger partial charge is 0.323 e. The van der Waals surface area contributed by atoms with E-state index in [4.69, 9.17) is 0 Å². The molecule has 0 unspecified atom stereocenters. The summed E-state index contributed by atoms with van der Waals surface area (Å²) in [4.78, 5) is 19.0. The first-order valence-corrected chi connectivity index (χ1v) is 9.01. The van der Waals surface area contributed by atoms with E-state index in [-0.39, 0.29) is 6.03 Å². The summed E-state index contributed by atoms with van der Waals surface area (Å²) in [5.41, 5.74) is 1.79. The van der Waals surface area contributed by atoms with Gasteiger partial charge in [0.15, 0.2) is 0 Å². The number of hydrogen-bond donors (Lipinski definition) is 1. The highest BCUT2D eigenvalue weighted by atomic mass is 16.2. The molecule has 3 rings (SSSR count). The standard InChI is InChI=1S/C19H27N5O/c1-14-7-9-23(12-15(2)10-14)19(25)21-18-11-16(3)22-24(18)13-17-6-4-5-8-20-17/h4-6,8,11,14-15H,7,9-10,12-13H2,1-3H3,(H,21,25)/t14-,15-/m1/s1. The second kappa shape index (κ2) is 7.68. The van der Waals surface area contributed by atoms with Crippen molar-refractivity contribution < 1.29 is 4.79 Å². The number of aromatic nitrogens is 3. The zero-order valence-corrected chi connectivity index (χ0v) is 15.3. The minimum Gasteiger partial charge on any atom is -0.324 e. The van der Waals surface area contributed by atoms with Gasteiger partial charge in [-0.15, -0.1) is 0 Å². The predicted octanol–water partition coefficient (Wildman–Crippen LogP) is 3.53. The summed E-state index contributed by atoms with van der Waals surface area (Å²) in [6.45, 7) is 8.58. The van der Waals surface area contributed by atoms with Crippen molar-refractivity contribution in [1.82, 2.24) is 19.7 Å². The van der Waals surface area contributed by atoms with Gasteiger partial charge in [-0.3, -0.25) is 10.3 Å². The molecule has 1 saturated heterocycles. The fraction of sp³-hybridized carbons (Fsp3) is 0.526. The van der Waals surface area contributed by atoms with Gasteiger partial charge >= 0.3 is 6.03 Å². The molecule has 2 amide bonds. The highest BCUT2D eigenvalue weighted by Gasteiger charge is 2.23. The van der Waals surface area contributed by atoms with E-state index in [1.165, 1.54) is 6.42 Å². The molecular formula is C19H27N5O. The Morgan fingerprint density at radius 3 is 2.92 bits per heavy atom. The van der Waals surface area contributed by atoms with Gasteiger partial charge in [0.05, 0.1) is 17.9 Å². The molecule has 1 fully saturated rings. The second-order valence-corrected chi connectivity index (χ2v) is 7.26. The Balaban J connectivity index is 1.71. The van der Waals surface area contributed by atoms with Gasteiger partial charge in [-0.25, -0.2) is 9.48 Å². The van der Waals surface area contributed by atoms with Crippen LogP contribution in [0.2, 0.25) is 0 Å². The number of hydrogen-bond acceptors (Lipinski definition) is 3. The van der Waals surface area contributed by atoms with Gasteiger partial charge in [0.1, 0.15) is 5.82 Å². The molecule has 0 bridgehead atoms. The van der Waals surface area contributed by atoms with E-state index in [1.54, 1.807) is 10.9 Å². The minimum absolute atomic E-state index is 0.0388. The summed E-state index contributed by atoms with van der Waals surface area (Å²) in [6.07, 6.45) is 4.01. The summed E-state index contributed by atoms with van der Waals surface area (Å²) in [5, 5.41) is 7.54. The third-order valence-electron chi connectivity index (χ3n) is 4.69. The van der Waals surface area contributed by atoms with E-state index in [9.17, 15) is 4.79 Å². The predicted molar refractivity (Wildman–Crippen MR) is 98.5 cm³/mol. The summed E-state index contributed by atoms with van der Waals surface area (Å²) in [7, 11) is 0. The second-order valence-electron chi connectivity index (χ2n) is 7.26. The lowest BCUT2D eigenvalue weighted by Crippen LogP contribution is -2.38. The number of urea groups is 1. The van der Waals surface area contributed by atoms with Crippen molar-refractivity contribution in [3.8, 4) is 0 Å². The first-order chi connectivity index (χ1) is 12.0. The average molecular weight is 341 g/mol. The summed E-state index contributed by atoms with van der Waals surface area (Å²) in [6, 6.07) is 7.67. The molecule has 25 heavy (non-hydrogen) atoms.